The van der Waals surface area contributed by atoms with E-state index in [9.17, 15) is 13.2 Å². The topological polar surface area (TPSA) is 76.1 Å². The van der Waals surface area contributed by atoms with Crippen LogP contribution >= 0.6 is 0 Å². The van der Waals surface area contributed by atoms with Crippen LogP contribution in [0, 0.1) is 6.20 Å². The molecule has 2 heterocycles. The van der Waals surface area contributed by atoms with Crippen molar-refractivity contribution in [3.63, 3.8) is 0 Å². The summed E-state index contributed by atoms with van der Waals surface area (Å²) in [5, 5.41) is 2.62. The predicted octanol–water partition coefficient (Wildman–Crippen LogP) is -0.591. The maximum atomic E-state index is 11.5. The van der Waals surface area contributed by atoms with E-state index in [0.29, 0.717) is 5.56 Å². The number of hydrogen-bond donors (Lipinski definition) is 1. The average Bonchev–Trinajstić information content (AvgIpc) is 2.16. The van der Waals surface area contributed by atoms with Gasteiger partial charge in [-0.2, -0.15) is 0 Å². The van der Waals surface area contributed by atoms with Gasteiger partial charge in [-0.3, -0.25) is 9.78 Å². The lowest BCUT2D eigenvalue weighted by Gasteiger charge is -2.26. The minimum absolute atomic E-state index is 0.0329. The van der Waals surface area contributed by atoms with Crippen molar-refractivity contribution in [2.45, 2.75) is 6.04 Å². The van der Waals surface area contributed by atoms with Gasteiger partial charge in [0.15, 0.2) is 9.84 Å². The van der Waals surface area contributed by atoms with Gasteiger partial charge in [0.25, 0.3) is 5.91 Å². The Bertz CT molecular complexity index is 457. The zero-order chi connectivity index (χ0) is 10.9. The minimum atomic E-state index is -2.89. The van der Waals surface area contributed by atoms with E-state index < -0.39 is 9.84 Å². The quantitative estimate of drug-likeness (QED) is 0.729. The first-order chi connectivity index (χ1) is 7.07. The van der Waals surface area contributed by atoms with Gasteiger partial charge < -0.3 is 5.32 Å². The van der Waals surface area contributed by atoms with Crippen LogP contribution in [0.3, 0.4) is 0 Å². The number of sulfone groups is 1. The fraction of sp³-hybridized carbons (Fsp3) is 0.333. The van der Waals surface area contributed by atoms with E-state index in [-0.39, 0.29) is 23.5 Å². The van der Waals surface area contributed by atoms with Crippen molar-refractivity contribution in [3.05, 3.63) is 30.1 Å². The summed E-state index contributed by atoms with van der Waals surface area (Å²) in [6.45, 7) is 0. The number of amides is 1. The molecule has 0 saturated carbocycles. The van der Waals surface area contributed by atoms with Gasteiger partial charge in [0.05, 0.1) is 29.3 Å². The highest BCUT2D eigenvalue weighted by molar-refractivity contribution is 7.92. The Hall–Kier alpha value is -1.43. The second-order valence-corrected chi connectivity index (χ2v) is 5.58. The van der Waals surface area contributed by atoms with Crippen molar-refractivity contribution < 1.29 is 13.2 Å². The Morgan fingerprint density at radius 2 is 2.27 bits per heavy atom. The molecule has 1 aliphatic heterocycles. The van der Waals surface area contributed by atoms with E-state index >= 15 is 0 Å². The number of carbonyl (C=O) groups excluding carboxylic acids is 1. The molecule has 2 rings (SSSR count). The summed E-state index contributed by atoms with van der Waals surface area (Å²) in [6, 6.07) is 2.86. The zero-order valence-corrected chi connectivity index (χ0v) is 8.62. The summed E-state index contributed by atoms with van der Waals surface area (Å²) in [5.74, 6) is -0.229. The molecule has 0 unspecified atom stereocenters. The van der Waals surface area contributed by atoms with Crippen LogP contribution in [0.25, 0.3) is 0 Å². The number of nitrogens with zero attached hydrogens (tertiary/aromatic N) is 1. The van der Waals surface area contributed by atoms with Crippen LogP contribution in [0.2, 0.25) is 0 Å². The van der Waals surface area contributed by atoms with Gasteiger partial charge in [0.1, 0.15) is 0 Å². The summed E-state index contributed by atoms with van der Waals surface area (Å²) in [4.78, 5) is 15.2. The molecule has 15 heavy (non-hydrogen) atoms. The Morgan fingerprint density at radius 1 is 1.53 bits per heavy atom. The van der Waals surface area contributed by atoms with E-state index in [1.165, 1.54) is 12.3 Å². The van der Waals surface area contributed by atoms with Crippen LogP contribution in [0.15, 0.2) is 18.3 Å². The standard InChI is InChI=1S/C9H9N2O3S/c12-9(7-2-1-3-10-4-7)11-8-5-15(13,14)6-8/h1-2,4,8H,5-6H2,(H,11,12). The van der Waals surface area contributed by atoms with Crippen LogP contribution in [-0.2, 0) is 9.84 Å². The first-order valence-electron chi connectivity index (χ1n) is 4.40. The Balaban J connectivity index is 1.95. The van der Waals surface area contributed by atoms with Crippen molar-refractivity contribution in [3.8, 4) is 0 Å². The summed E-state index contributed by atoms with van der Waals surface area (Å²) in [5.41, 5.74) is 0.415. The third-order valence-corrected chi connectivity index (χ3v) is 3.94. The minimum Gasteiger partial charge on any atom is -0.347 e. The van der Waals surface area contributed by atoms with Crippen LogP contribution in [0.1, 0.15) is 10.4 Å². The van der Waals surface area contributed by atoms with Crippen molar-refractivity contribution in [1.29, 1.82) is 0 Å². The molecular weight excluding hydrogens is 216 g/mol. The highest BCUT2D eigenvalue weighted by atomic mass is 32.2. The largest absolute Gasteiger partial charge is 0.347 e. The highest BCUT2D eigenvalue weighted by Gasteiger charge is 2.34. The number of aromatic nitrogens is 1. The molecule has 0 atom stereocenters. The van der Waals surface area contributed by atoms with Gasteiger partial charge in [0, 0.05) is 6.20 Å². The lowest BCUT2D eigenvalue weighted by molar-refractivity contribution is 0.0941. The first-order valence-corrected chi connectivity index (χ1v) is 6.22. The number of rotatable bonds is 2. The maximum Gasteiger partial charge on any atom is 0.253 e. The highest BCUT2D eigenvalue weighted by Crippen LogP contribution is 2.10. The van der Waals surface area contributed by atoms with Gasteiger partial charge in [-0.1, -0.05) is 0 Å². The fourth-order valence-electron chi connectivity index (χ4n) is 1.37. The van der Waals surface area contributed by atoms with E-state index in [0.717, 1.165) is 0 Å². The van der Waals surface area contributed by atoms with E-state index in [2.05, 4.69) is 16.5 Å². The van der Waals surface area contributed by atoms with Crippen LogP contribution in [-0.4, -0.2) is 36.9 Å². The summed E-state index contributed by atoms with van der Waals surface area (Å²) < 4.78 is 21.7. The molecule has 0 spiro atoms. The molecule has 1 saturated heterocycles. The Morgan fingerprint density at radius 3 is 2.80 bits per heavy atom. The molecule has 79 valence electrons. The fourth-order valence-corrected chi connectivity index (χ4v) is 2.67. The van der Waals surface area contributed by atoms with Crippen LogP contribution in [0.4, 0.5) is 0 Å². The summed E-state index contributed by atoms with van der Waals surface area (Å²) in [7, 11) is -2.89. The molecule has 1 fully saturated rings. The van der Waals surface area contributed by atoms with Gasteiger partial charge in [0.2, 0.25) is 0 Å². The lowest BCUT2D eigenvalue weighted by atomic mass is 10.2. The van der Waals surface area contributed by atoms with Crippen molar-refractivity contribution in [2.24, 2.45) is 0 Å². The Kier molecular flexibility index (Phi) is 2.44. The number of hydrogen-bond acceptors (Lipinski definition) is 4. The van der Waals surface area contributed by atoms with Gasteiger partial charge in [-0.05, 0) is 12.1 Å². The smallest absolute Gasteiger partial charge is 0.253 e. The third-order valence-electron chi connectivity index (χ3n) is 2.12. The maximum absolute atomic E-state index is 11.5. The molecule has 0 aromatic carbocycles. The number of nitrogens with one attached hydrogen (secondary N) is 1. The molecule has 1 aromatic rings. The van der Waals surface area contributed by atoms with Gasteiger partial charge in [-0.25, -0.2) is 8.42 Å². The number of carbonyl (C=O) groups is 1. The number of pyridine rings is 1. The first kappa shape index (κ1) is 10.1. The molecule has 1 N–H and O–H groups in total. The lowest BCUT2D eigenvalue weighted by Crippen LogP contribution is -2.52. The zero-order valence-electron chi connectivity index (χ0n) is 7.80. The molecular formula is C9H9N2O3S. The molecule has 1 aliphatic rings. The molecule has 1 radical (unpaired) electrons. The predicted molar refractivity (Wildman–Crippen MR) is 53.0 cm³/mol. The average molecular weight is 225 g/mol. The Labute approximate surface area is 87.4 Å². The molecule has 5 nitrogen and oxygen atoms in total. The van der Waals surface area contributed by atoms with Crippen LogP contribution < -0.4 is 5.32 Å². The SMILES string of the molecule is O=C(NC1CS(=O)(=O)C1)c1cc[c]nc1. The molecule has 0 aliphatic carbocycles. The molecule has 1 amide bonds. The second-order valence-electron chi connectivity index (χ2n) is 3.42. The van der Waals surface area contributed by atoms with Crippen molar-refractivity contribution in [2.75, 3.05) is 11.5 Å². The van der Waals surface area contributed by atoms with Crippen LogP contribution in [0.5, 0.6) is 0 Å². The van der Waals surface area contributed by atoms with Gasteiger partial charge in [-0.15, -0.1) is 0 Å². The molecule has 0 bridgehead atoms. The molecule has 1 aromatic heterocycles. The van der Waals surface area contributed by atoms with Gasteiger partial charge >= 0.3 is 0 Å². The van der Waals surface area contributed by atoms with Crippen molar-refractivity contribution >= 4 is 15.7 Å². The van der Waals surface area contributed by atoms with E-state index in [4.69, 9.17) is 0 Å². The van der Waals surface area contributed by atoms with E-state index in [1.54, 1.807) is 6.07 Å². The molecule has 6 heteroatoms. The summed E-state index contributed by atoms with van der Waals surface area (Å²) in [6.07, 6.45) is 3.95. The second kappa shape index (κ2) is 3.62. The summed E-state index contributed by atoms with van der Waals surface area (Å²) >= 11 is 0. The normalized spacial score (nSPS) is 19.2. The third kappa shape index (κ3) is 2.33. The van der Waals surface area contributed by atoms with E-state index in [1.807, 2.05) is 0 Å². The monoisotopic (exact) mass is 225 g/mol. The van der Waals surface area contributed by atoms with Crippen molar-refractivity contribution in [1.82, 2.24) is 10.3 Å².